The van der Waals surface area contributed by atoms with Crippen LogP contribution in [0.3, 0.4) is 0 Å². The highest BCUT2D eigenvalue weighted by molar-refractivity contribution is 5.91. The second kappa shape index (κ2) is 8.31. The largest absolute Gasteiger partial charge is 0.478 e. The van der Waals surface area contributed by atoms with Crippen molar-refractivity contribution < 1.29 is 94.1 Å². The highest BCUT2D eigenvalue weighted by Crippen LogP contribution is 2.64. The van der Waals surface area contributed by atoms with E-state index in [1.807, 2.05) is 0 Å². The van der Waals surface area contributed by atoms with Gasteiger partial charge >= 0.3 is 59.8 Å². The van der Waals surface area contributed by atoms with E-state index in [0.29, 0.717) is 0 Å². The zero-order valence-electron chi connectivity index (χ0n) is 15.0. The van der Waals surface area contributed by atoms with Crippen LogP contribution in [0.2, 0.25) is 0 Å². The van der Waals surface area contributed by atoms with Crippen LogP contribution in [0, 0.1) is 0 Å². The van der Waals surface area contributed by atoms with E-state index < -0.39 is 71.8 Å². The Morgan fingerprint density at radius 3 is 1.18 bits per heavy atom. The molecular weight excluding hydrogens is 543 g/mol. The fourth-order valence-corrected chi connectivity index (χ4v) is 1.64. The lowest BCUT2D eigenvalue weighted by Crippen LogP contribution is -2.74. The zero-order valence-corrected chi connectivity index (χ0v) is 15.0. The van der Waals surface area contributed by atoms with Gasteiger partial charge in [-0.3, -0.25) is 4.79 Å². The minimum atomic E-state index is -8.82. The van der Waals surface area contributed by atoms with Gasteiger partial charge in [0.15, 0.2) is 0 Å². The molecule has 0 unspecified atom stereocenters. The molecule has 0 spiro atoms. The summed E-state index contributed by atoms with van der Waals surface area (Å²) in [6.07, 6.45) is -17.3. The monoisotopic (exact) mass is 548 g/mol. The number of rotatable bonds is 10. The third kappa shape index (κ3) is 4.43. The molecule has 0 aliphatic rings. The van der Waals surface area contributed by atoms with Crippen molar-refractivity contribution in [2.45, 2.75) is 54.2 Å². The predicted octanol–water partition coefficient (Wildman–Crippen LogP) is 5.53. The van der Waals surface area contributed by atoms with Gasteiger partial charge in [-0.25, -0.2) is 4.79 Å². The maximum atomic E-state index is 13.4. The summed E-state index contributed by atoms with van der Waals surface area (Å²) in [6.45, 7) is 2.43. The van der Waals surface area contributed by atoms with Gasteiger partial charge in [0.2, 0.25) is 0 Å². The van der Waals surface area contributed by atoms with Crippen LogP contribution in [0.1, 0.15) is 6.42 Å². The van der Waals surface area contributed by atoms with Gasteiger partial charge < -0.3 is 9.84 Å². The number of carboxylic acids is 1. The normalized spacial score (nSPS) is 15.2. The van der Waals surface area contributed by atoms with Crippen molar-refractivity contribution in [1.29, 1.82) is 0 Å². The van der Waals surface area contributed by atoms with Gasteiger partial charge in [-0.05, 0) is 0 Å². The van der Waals surface area contributed by atoms with Gasteiger partial charge in [-0.2, -0.15) is 74.6 Å². The Morgan fingerprint density at radius 2 is 0.882 bits per heavy atom. The van der Waals surface area contributed by atoms with Gasteiger partial charge in [0, 0.05) is 5.57 Å². The molecule has 4 nitrogen and oxygen atoms in total. The summed E-state index contributed by atoms with van der Waals surface area (Å²) in [7, 11) is 0. The van der Waals surface area contributed by atoms with Crippen LogP contribution in [0.25, 0.3) is 0 Å². The second-order valence-corrected chi connectivity index (χ2v) is 6.02. The standard InChI is InChI=1S/C13H5F17O4/c1-3(5(32)33)2-4(31)34-13(29,30)11(24,25)9(20,21)7(16,17)6(14,15)8(18,19)10(22,23)12(26,27)28/h1-2H2,(H,32,33). The number of carboxylic acid groups (broad SMARTS) is 1. The summed E-state index contributed by atoms with van der Waals surface area (Å²) in [4.78, 5) is 21.2. The summed E-state index contributed by atoms with van der Waals surface area (Å²) < 4.78 is 223. The lowest BCUT2D eigenvalue weighted by molar-refractivity contribution is -0.474. The van der Waals surface area contributed by atoms with Crippen LogP contribution in [0.4, 0.5) is 74.6 Å². The molecule has 0 saturated carbocycles. The van der Waals surface area contributed by atoms with E-state index in [0.717, 1.165) is 0 Å². The maximum Gasteiger partial charge on any atom is 0.473 e. The molecule has 0 aromatic carbocycles. The summed E-state index contributed by atoms with van der Waals surface area (Å²) >= 11 is 0. The smallest absolute Gasteiger partial charge is 0.473 e. The molecule has 0 fully saturated rings. The van der Waals surface area contributed by atoms with Crippen molar-refractivity contribution in [1.82, 2.24) is 0 Å². The second-order valence-electron chi connectivity index (χ2n) is 6.02. The van der Waals surface area contributed by atoms with Gasteiger partial charge in [0.25, 0.3) is 0 Å². The number of halogens is 17. The molecule has 0 aliphatic heterocycles. The lowest BCUT2D eigenvalue weighted by atomic mass is 9.90. The van der Waals surface area contributed by atoms with E-state index in [9.17, 15) is 84.2 Å². The fraction of sp³-hybridized carbons (Fsp3) is 0.692. The fourth-order valence-electron chi connectivity index (χ4n) is 1.64. The van der Waals surface area contributed by atoms with Crippen LogP contribution in [-0.2, 0) is 14.3 Å². The summed E-state index contributed by atoms with van der Waals surface area (Å²) in [5, 5.41) is 8.26. The van der Waals surface area contributed by atoms with E-state index in [4.69, 9.17) is 5.11 Å². The molecule has 0 aromatic rings. The predicted molar refractivity (Wildman–Crippen MR) is 68.2 cm³/mol. The average molecular weight is 548 g/mol. The van der Waals surface area contributed by atoms with Crippen LogP contribution in [0.5, 0.6) is 0 Å². The highest BCUT2D eigenvalue weighted by Gasteiger charge is 2.95. The first-order valence-electron chi connectivity index (χ1n) is 7.31. The molecule has 200 valence electrons. The molecule has 0 rings (SSSR count). The molecular formula is C13H5F17O4. The highest BCUT2D eigenvalue weighted by atomic mass is 19.4. The Balaban J connectivity index is 6.52. The van der Waals surface area contributed by atoms with Gasteiger partial charge in [-0.15, -0.1) is 0 Å². The number of alkyl halides is 17. The molecule has 0 radical (unpaired) electrons. The number of carbonyl (C=O) groups is 2. The van der Waals surface area contributed by atoms with E-state index >= 15 is 0 Å². The lowest BCUT2D eigenvalue weighted by Gasteiger charge is -2.42. The van der Waals surface area contributed by atoms with Crippen LogP contribution in [0.15, 0.2) is 12.2 Å². The van der Waals surface area contributed by atoms with Crippen molar-refractivity contribution in [3.63, 3.8) is 0 Å². The number of hydrogen-bond donors (Lipinski definition) is 1. The molecule has 0 amide bonds. The third-order valence-corrected chi connectivity index (χ3v) is 3.60. The zero-order chi connectivity index (χ0) is 28.1. The molecule has 0 saturated heterocycles. The minimum absolute atomic E-state index is 1.48. The average Bonchev–Trinajstić information content (AvgIpc) is 2.58. The van der Waals surface area contributed by atoms with E-state index in [1.54, 1.807) is 0 Å². The Morgan fingerprint density at radius 1 is 0.588 bits per heavy atom. The molecule has 0 aliphatic carbocycles. The summed E-state index contributed by atoms with van der Waals surface area (Å²) in [5.41, 5.74) is -1.48. The molecule has 0 heterocycles. The third-order valence-electron chi connectivity index (χ3n) is 3.60. The maximum absolute atomic E-state index is 13.4. The molecule has 1 N–H and O–H groups in total. The number of aliphatic carboxylic acids is 1. The number of carbonyl (C=O) groups excluding carboxylic acids is 1. The van der Waals surface area contributed by atoms with E-state index in [-0.39, 0.29) is 0 Å². The minimum Gasteiger partial charge on any atom is -0.478 e. The Kier molecular flexibility index (Phi) is 7.70. The van der Waals surface area contributed by atoms with Crippen LogP contribution in [-0.4, -0.2) is 64.9 Å². The number of esters is 1. The summed E-state index contributed by atoms with van der Waals surface area (Å²) in [5.74, 6) is -56.6. The van der Waals surface area contributed by atoms with Gasteiger partial charge in [0.1, 0.15) is 0 Å². The van der Waals surface area contributed by atoms with Crippen molar-refractivity contribution in [2.75, 3.05) is 0 Å². The Hall–Kier alpha value is -2.51. The molecule has 0 bridgehead atoms. The topological polar surface area (TPSA) is 63.6 Å². The Bertz CT molecular complexity index is 826. The molecule has 34 heavy (non-hydrogen) atoms. The first kappa shape index (κ1) is 31.5. The number of hydrogen-bond acceptors (Lipinski definition) is 3. The molecule has 0 aromatic heterocycles. The first-order chi connectivity index (χ1) is 14.5. The van der Waals surface area contributed by atoms with Crippen molar-refractivity contribution >= 4 is 11.9 Å². The SMILES string of the molecule is C=C(CC(=O)OC(F)(F)C(F)(F)C(F)(F)C(F)(F)C(F)(F)C(F)(F)C(F)(F)C(F)(F)F)C(=O)O. The van der Waals surface area contributed by atoms with Gasteiger partial charge in [0.05, 0.1) is 6.42 Å². The quantitative estimate of drug-likeness (QED) is 0.222. The van der Waals surface area contributed by atoms with Gasteiger partial charge in [-0.1, -0.05) is 6.58 Å². The molecule has 0 atom stereocenters. The van der Waals surface area contributed by atoms with Crippen LogP contribution < -0.4 is 0 Å². The van der Waals surface area contributed by atoms with Crippen molar-refractivity contribution in [2.24, 2.45) is 0 Å². The summed E-state index contributed by atoms with van der Waals surface area (Å²) in [6, 6.07) is 0. The van der Waals surface area contributed by atoms with Crippen molar-refractivity contribution in [3.05, 3.63) is 12.2 Å². The van der Waals surface area contributed by atoms with E-state index in [2.05, 4.69) is 11.3 Å². The first-order valence-corrected chi connectivity index (χ1v) is 7.31. The Labute approximate surface area is 173 Å². The van der Waals surface area contributed by atoms with Crippen LogP contribution >= 0.6 is 0 Å². The number of ether oxygens (including phenoxy) is 1. The van der Waals surface area contributed by atoms with E-state index in [1.165, 1.54) is 0 Å². The van der Waals surface area contributed by atoms with Crippen molar-refractivity contribution in [3.8, 4) is 0 Å². The molecule has 21 heteroatoms.